The summed E-state index contributed by atoms with van der Waals surface area (Å²) in [5.74, 6) is 0.0979. The van der Waals surface area contributed by atoms with Crippen molar-refractivity contribution in [2.24, 2.45) is 0 Å². The van der Waals surface area contributed by atoms with Gasteiger partial charge in [0.2, 0.25) is 5.95 Å². The Morgan fingerprint density at radius 2 is 1.84 bits per heavy atom. The number of nitrogens with one attached hydrogen (secondary N) is 2. The van der Waals surface area contributed by atoms with Crippen LogP contribution in [-0.4, -0.2) is 30.5 Å². The Hall–Kier alpha value is -4.01. The van der Waals surface area contributed by atoms with Gasteiger partial charge in [-0.05, 0) is 44.0 Å². The Kier molecular flexibility index (Phi) is 4.70. The summed E-state index contributed by atoms with van der Waals surface area (Å²) in [5, 5.41) is 8.90. The Balaban J connectivity index is 1.44. The first kappa shape index (κ1) is 19.0. The third-order valence-corrected chi connectivity index (χ3v) is 5.35. The summed E-state index contributed by atoms with van der Waals surface area (Å²) >= 11 is 0. The molecule has 2 N–H and O–H groups in total. The molecule has 1 amide bonds. The molecule has 1 aliphatic carbocycles. The van der Waals surface area contributed by atoms with Gasteiger partial charge in [-0.15, -0.1) is 5.10 Å². The van der Waals surface area contributed by atoms with E-state index in [2.05, 4.69) is 26.1 Å². The number of hydrogen-bond donors (Lipinski definition) is 2. The standard InChI is InChI=1S/C22H21N7O2/c1-2-28-21(31)16-10-6-7-11-17(16)23-22(28)26-25-20(30)18-19(14-12-13-14)29(27-24-18)15-8-4-3-5-9-15/h3-11,14H,2,12-13H2,1H3,(H,23,26)(H,25,30). The molecule has 0 radical (unpaired) electrons. The number of hydrazine groups is 1. The van der Waals surface area contributed by atoms with Crippen LogP contribution < -0.4 is 16.4 Å². The minimum Gasteiger partial charge on any atom is -0.277 e. The first-order valence-electron chi connectivity index (χ1n) is 10.2. The fraction of sp³-hybridized carbons (Fsp3) is 0.227. The largest absolute Gasteiger partial charge is 0.292 e. The number of anilines is 1. The molecule has 2 aromatic carbocycles. The lowest BCUT2D eigenvalue weighted by atomic mass is 10.2. The molecule has 5 rings (SSSR count). The van der Waals surface area contributed by atoms with Crippen LogP contribution in [0.2, 0.25) is 0 Å². The molecule has 0 spiro atoms. The van der Waals surface area contributed by atoms with Crippen molar-refractivity contribution in [1.82, 2.24) is 30.0 Å². The smallest absolute Gasteiger partial charge is 0.277 e. The summed E-state index contributed by atoms with van der Waals surface area (Å²) in [5.41, 5.74) is 7.76. The first-order valence-corrected chi connectivity index (χ1v) is 10.2. The van der Waals surface area contributed by atoms with Gasteiger partial charge in [0.15, 0.2) is 5.69 Å². The highest BCUT2D eigenvalue weighted by Crippen LogP contribution is 2.41. The van der Waals surface area contributed by atoms with Crippen molar-refractivity contribution >= 4 is 22.8 Å². The summed E-state index contributed by atoms with van der Waals surface area (Å²) in [6.07, 6.45) is 1.99. The second-order valence-electron chi connectivity index (χ2n) is 7.43. The van der Waals surface area contributed by atoms with Gasteiger partial charge in [0.25, 0.3) is 11.5 Å². The molecule has 0 aliphatic heterocycles. The van der Waals surface area contributed by atoms with Gasteiger partial charge in [-0.2, -0.15) is 0 Å². The van der Waals surface area contributed by atoms with E-state index in [1.54, 1.807) is 22.9 Å². The lowest BCUT2D eigenvalue weighted by molar-refractivity contribution is 0.0956. The topological polar surface area (TPSA) is 107 Å². The molecule has 1 fully saturated rings. The molecular weight excluding hydrogens is 394 g/mol. The van der Waals surface area contributed by atoms with Gasteiger partial charge in [0.05, 0.1) is 22.3 Å². The Morgan fingerprint density at radius 3 is 2.58 bits per heavy atom. The van der Waals surface area contributed by atoms with Gasteiger partial charge in [0, 0.05) is 12.5 Å². The zero-order chi connectivity index (χ0) is 21.4. The predicted molar refractivity (Wildman–Crippen MR) is 116 cm³/mol. The monoisotopic (exact) mass is 415 g/mol. The molecule has 0 atom stereocenters. The molecule has 156 valence electrons. The average Bonchev–Trinajstić information content (AvgIpc) is 3.55. The third-order valence-electron chi connectivity index (χ3n) is 5.35. The van der Waals surface area contributed by atoms with Crippen molar-refractivity contribution in [2.45, 2.75) is 32.2 Å². The minimum atomic E-state index is -0.422. The van der Waals surface area contributed by atoms with E-state index in [0.717, 1.165) is 24.2 Å². The summed E-state index contributed by atoms with van der Waals surface area (Å²) in [6, 6.07) is 16.8. The van der Waals surface area contributed by atoms with Crippen molar-refractivity contribution in [1.29, 1.82) is 0 Å². The van der Waals surface area contributed by atoms with Crippen molar-refractivity contribution in [3.05, 3.63) is 76.3 Å². The Bertz CT molecular complexity index is 1320. The van der Waals surface area contributed by atoms with Crippen molar-refractivity contribution in [3.63, 3.8) is 0 Å². The predicted octanol–water partition coefficient (Wildman–Crippen LogP) is 2.63. The highest BCUT2D eigenvalue weighted by molar-refractivity contribution is 5.94. The average molecular weight is 415 g/mol. The van der Waals surface area contributed by atoms with Gasteiger partial charge < -0.3 is 0 Å². The maximum absolute atomic E-state index is 13.0. The van der Waals surface area contributed by atoms with Crippen LogP contribution in [0.3, 0.4) is 0 Å². The minimum absolute atomic E-state index is 0.168. The highest BCUT2D eigenvalue weighted by Gasteiger charge is 2.34. The summed E-state index contributed by atoms with van der Waals surface area (Å²) in [6.45, 7) is 2.26. The van der Waals surface area contributed by atoms with Crippen LogP contribution in [-0.2, 0) is 6.54 Å². The van der Waals surface area contributed by atoms with E-state index < -0.39 is 5.91 Å². The van der Waals surface area contributed by atoms with Crippen molar-refractivity contribution in [3.8, 4) is 5.69 Å². The molecular formula is C22H21N7O2. The van der Waals surface area contributed by atoms with Crippen LogP contribution in [0.25, 0.3) is 16.6 Å². The fourth-order valence-corrected chi connectivity index (χ4v) is 3.66. The van der Waals surface area contributed by atoms with E-state index in [-0.39, 0.29) is 23.1 Å². The number of aromatic nitrogens is 5. The molecule has 1 aliphatic rings. The number of amides is 1. The zero-order valence-corrected chi connectivity index (χ0v) is 16.9. The van der Waals surface area contributed by atoms with Crippen LogP contribution in [0, 0.1) is 0 Å². The molecule has 9 heteroatoms. The molecule has 9 nitrogen and oxygen atoms in total. The molecule has 0 saturated heterocycles. The van der Waals surface area contributed by atoms with Crippen molar-refractivity contribution in [2.75, 3.05) is 5.43 Å². The molecule has 1 saturated carbocycles. The lowest BCUT2D eigenvalue weighted by Gasteiger charge is -2.14. The first-order chi connectivity index (χ1) is 15.2. The van der Waals surface area contributed by atoms with Crippen LogP contribution in [0.4, 0.5) is 5.95 Å². The maximum Gasteiger partial charge on any atom is 0.292 e. The van der Waals surface area contributed by atoms with E-state index in [9.17, 15) is 9.59 Å². The number of benzene rings is 2. The third kappa shape index (κ3) is 3.43. The van der Waals surface area contributed by atoms with Gasteiger partial charge in [0.1, 0.15) is 0 Å². The van der Waals surface area contributed by atoms with Gasteiger partial charge in [-0.3, -0.25) is 25.0 Å². The van der Waals surface area contributed by atoms with E-state index in [1.807, 2.05) is 43.3 Å². The fourth-order valence-electron chi connectivity index (χ4n) is 3.66. The number of carbonyl (C=O) groups excluding carboxylic acids is 1. The Morgan fingerprint density at radius 1 is 1.10 bits per heavy atom. The maximum atomic E-state index is 13.0. The number of hydrogen-bond acceptors (Lipinski definition) is 6. The highest BCUT2D eigenvalue weighted by atomic mass is 16.2. The van der Waals surface area contributed by atoms with Crippen LogP contribution in [0.5, 0.6) is 0 Å². The molecule has 31 heavy (non-hydrogen) atoms. The van der Waals surface area contributed by atoms with E-state index in [0.29, 0.717) is 17.4 Å². The molecule has 0 unspecified atom stereocenters. The lowest BCUT2D eigenvalue weighted by Crippen LogP contribution is -2.35. The van der Waals surface area contributed by atoms with Gasteiger partial charge in [-0.25, -0.2) is 9.67 Å². The van der Waals surface area contributed by atoms with E-state index >= 15 is 0 Å². The van der Waals surface area contributed by atoms with E-state index in [1.165, 1.54) is 4.57 Å². The Labute approximate surface area is 177 Å². The number of carbonyl (C=O) groups is 1. The zero-order valence-electron chi connectivity index (χ0n) is 16.9. The van der Waals surface area contributed by atoms with Gasteiger partial charge >= 0.3 is 0 Å². The number of nitrogens with zero attached hydrogens (tertiary/aromatic N) is 5. The summed E-state index contributed by atoms with van der Waals surface area (Å²) in [4.78, 5) is 30.2. The van der Waals surface area contributed by atoms with E-state index in [4.69, 9.17) is 0 Å². The quantitative estimate of drug-likeness (QED) is 0.469. The number of para-hydroxylation sites is 2. The normalized spacial score (nSPS) is 13.3. The number of fused-ring (bicyclic) bond motifs is 1. The van der Waals surface area contributed by atoms with Crippen LogP contribution in [0.1, 0.15) is 41.9 Å². The second-order valence-corrected chi connectivity index (χ2v) is 7.43. The second kappa shape index (κ2) is 7.67. The van der Waals surface area contributed by atoms with Crippen LogP contribution >= 0.6 is 0 Å². The van der Waals surface area contributed by atoms with Crippen molar-refractivity contribution < 1.29 is 4.79 Å². The number of rotatable bonds is 6. The SMILES string of the molecule is CCn1c(NNC(=O)c2nnn(-c3ccccc3)c2C2CC2)nc2ccccc2c1=O. The van der Waals surface area contributed by atoms with Gasteiger partial charge in [-0.1, -0.05) is 35.5 Å². The van der Waals surface area contributed by atoms with Crippen LogP contribution in [0.15, 0.2) is 59.4 Å². The molecule has 2 aromatic heterocycles. The molecule has 0 bridgehead atoms. The molecule has 4 aromatic rings. The molecule has 2 heterocycles. The summed E-state index contributed by atoms with van der Waals surface area (Å²) < 4.78 is 3.20. The summed E-state index contributed by atoms with van der Waals surface area (Å²) in [7, 11) is 0.